The molecule has 0 fully saturated rings. The van der Waals surface area contributed by atoms with Crippen LogP contribution in [0.15, 0.2) is 16.6 Å². The maximum Gasteiger partial charge on any atom is 0.336 e. The number of halogens is 1. The minimum atomic E-state index is -1.01. The summed E-state index contributed by atoms with van der Waals surface area (Å²) < 4.78 is 0.426. The van der Waals surface area contributed by atoms with Gasteiger partial charge in [0.05, 0.1) is 5.56 Å². The third-order valence-corrected chi connectivity index (χ3v) is 2.61. The average molecular weight is 231 g/mol. The standard InChI is InChI=1S/C8H7BrO3/c1-4-6(10)3-2-5(7(4)9)8(11)12/h2-3,10H,1H3,(H,11,12). The molecule has 0 aromatic heterocycles. The van der Waals surface area contributed by atoms with Crippen molar-refractivity contribution in [2.45, 2.75) is 6.92 Å². The molecule has 0 spiro atoms. The first kappa shape index (κ1) is 9.06. The smallest absolute Gasteiger partial charge is 0.336 e. The fraction of sp³-hybridized carbons (Fsp3) is 0.125. The SMILES string of the molecule is Cc1c(O)ccc(C(=O)O)c1Br. The van der Waals surface area contributed by atoms with Gasteiger partial charge in [-0.1, -0.05) is 0 Å². The average Bonchev–Trinajstić information content (AvgIpc) is 2.00. The second-order valence-corrected chi connectivity index (χ2v) is 3.17. The first-order chi connectivity index (χ1) is 5.54. The summed E-state index contributed by atoms with van der Waals surface area (Å²) in [5, 5.41) is 17.9. The van der Waals surface area contributed by atoms with Crippen molar-refractivity contribution < 1.29 is 15.0 Å². The van der Waals surface area contributed by atoms with Gasteiger partial charge in [0.15, 0.2) is 0 Å². The number of phenols is 1. The quantitative estimate of drug-likeness (QED) is 0.778. The molecule has 0 amide bonds. The van der Waals surface area contributed by atoms with Crippen molar-refractivity contribution in [2.24, 2.45) is 0 Å². The molecule has 0 aliphatic heterocycles. The second-order valence-electron chi connectivity index (χ2n) is 2.38. The molecule has 3 nitrogen and oxygen atoms in total. The Bertz CT molecular complexity index is 333. The lowest BCUT2D eigenvalue weighted by atomic mass is 10.1. The maximum atomic E-state index is 10.6. The number of benzene rings is 1. The summed E-state index contributed by atoms with van der Waals surface area (Å²) in [6.45, 7) is 1.64. The van der Waals surface area contributed by atoms with Gasteiger partial charge in [-0.15, -0.1) is 0 Å². The van der Waals surface area contributed by atoms with Crippen LogP contribution in [0.3, 0.4) is 0 Å². The predicted octanol–water partition coefficient (Wildman–Crippen LogP) is 2.16. The summed E-state index contributed by atoms with van der Waals surface area (Å²) in [6.07, 6.45) is 0. The summed E-state index contributed by atoms with van der Waals surface area (Å²) in [5.74, 6) is -0.920. The minimum absolute atomic E-state index is 0.0897. The summed E-state index contributed by atoms with van der Waals surface area (Å²) >= 11 is 3.09. The summed E-state index contributed by atoms with van der Waals surface area (Å²) in [7, 11) is 0. The molecule has 1 rings (SSSR count). The Balaban J connectivity index is 3.36. The van der Waals surface area contributed by atoms with Gasteiger partial charge in [-0.05, 0) is 35.0 Å². The van der Waals surface area contributed by atoms with E-state index in [9.17, 15) is 9.90 Å². The molecule has 1 aromatic rings. The van der Waals surface area contributed by atoms with Crippen LogP contribution in [0.2, 0.25) is 0 Å². The van der Waals surface area contributed by atoms with Gasteiger partial charge >= 0.3 is 5.97 Å². The van der Waals surface area contributed by atoms with Gasteiger partial charge in [-0.2, -0.15) is 0 Å². The number of aromatic hydroxyl groups is 1. The lowest BCUT2D eigenvalue weighted by molar-refractivity contribution is 0.0696. The van der Waals surface area contributed by atoms with Crippen molar-refractivity contribution >= 4 is 21.9 Å². The first-order valence-corrected chi connectivity index (χ1v) is 4.04. The fourth-order valence-corrected chi connectivity index (χ4v) is 1.34. The summed E-state index contributed by atoms with van der Waals surface area (Å²) in [6, 6.07) is 2.72. The Morgan fingerprint density at radius 3 is 2.58 bits per heavy atom. The minimum Gasteiger partial charge on any atom is -0.508 e. The van der Waals surface area contributed by atoms with E-state index in [1.807, 2.05) is 0 Å². The highest BCUT2D eigenvalue weighted by molar-refractivity contribution is 9.10. The van der Waals surface area contributed by atoms with Crippen molar-refractivity contribution in [3.05, 3.63) is 27.7 Å². The molecule has 0 aliphatic rings. The Hall–Kier alpha value is -1.03. The van der Waals surface area contributed by atoms with Crippen LogP contribution in [0, 0.1) is 6.92 Å². The highest BCUT2D eigenvalue weighted by Gasteiger charge is 2.11. The zero-order chi connectivity index (χ0) is 9.30. The van der Waals surface area contributed by atoms with E-state index < -0.39 is 5.97 Å². The van der Waals surface area contributed by atoms with E-state index in [1.54, 1.807) is 6.92 Å². The number of hydrogen-bond acceptors (Lipinski definition) is 2. The van der Waals surface area contributed by atoms with E-state index in [2.05, 4.69) is 15.9 Å². The van der Waals surface area contributed by atoms with Gasteiger partial charge in [0.25, 0.3) is 0 Å². The highest BCUT2D eigenvalue weighted by Crippen LogP contribution is 2.28. The van der Waals surface area contributed by atoms with Gasteiger partial charge in [-0.3, -0.25) is 0 Å². The monoisotopic (exact) mass is 230 g/mol. The van der Waals surface area contributed by atoms with E-state index in [-0.39, 0.29) is 11.3 Å². The van der Waals surface area contributed by atoms with E-state index >= 15 is 0 Å². The molecule has 0 unspecified atom stereocenters. The molecule has 0 saturated carbocycles. The Morgan fingerprint density at radius 2 is 2.08 bits per heavy atom. The second kappa shape index (κ2) is 3.15. The van der Waals surface area contributed by atoms with Crippen LogP contribution in [0.5, 0.6) is 5.75 Å². The molecule has 0 atom stereocenters. The lowest BCUT2D eigenvalue weighted by Gasteiger charge is -2.04. The largest absolute Gasteiger partial charge is 0.508 e. The van der Waals surface area contributed by atoms with Gasteiger partial charge < -0.3 is 10.2 Å². The maximum absolute atomic E-state index is 10.6. The molecular weight excluding hydrogens is 224 g/mol. The van der Waals surface area contributed by atoms with Crippen LogP contribution < -0.4 is 0 Å². The molecule has 2 N–H and O–H groups in total. The number of hydrogen-bond donors (Lipinski definition) is 2. The van der Waals surface area contributed by atoms with Gasteiger partial charge in [0, 0.05) is 10.0 Å². The van der Waals surface area contributed by atoms with Crippen LogP contribution in [-0.4, -0.2) is 16.2 Å². The van der Waals surface area contributed by atoms with Crippen molar-refractivity contribution in [2.75, 3.05) is 0 Å². The summed E-state index contributed by atoms with van der Waals surface area (Å²) in [4.78, 5) is 10.6. The fourth-order valence-electron chi connectivity index (χ4n) is 0.840. The van der Waals surface area contributed by atoms with Crippen LogP contribution in [0.25, 0.3) is 0 Å². The molecule has 0 aliphatic carbocycles. The van der Waals surface area contributed by atoms with Gasteiger partial charge in [-0.25, -0.2) is 4.79 Å². The van der Waals surface area contributed by atoms with Gasteiger partial charge in [0.1, 0.15) is 5.75 Å². The number of aromatic carboxylic acids is 1. The molecule has 0 heterocycles. The Labute approximate surface area is 77.8 Å². The normalized spacial score (nSPS) is 9.83. The summed E-state index contributed by atoms with van der Waals surface area (Å²) in [5.41, 5.74) is 0.695. The van der Waals surface area contributed by atoms with E-state index in [1.165, 1.54) is 12.1 Å². The number of carboxylic acid groups (broad SMARTS) is 1. The number of phenolic OH excluding ortho intramolecular Hbond substituents is 1. The molecule has 64 valence electrons. The zero-order valence-electron chi connectivity index (χ0n) is 6.34. The number of rotatable bonds is 1. The zero-order valence-corrected chi connectivity index (χ0v) is 7.92. The Kier molecular flexibility index (Phi) is 2.38. The van der Waals surface area contributed by atoms with Crippen LogP contribution in [0.1, 0.15) is 15.9 Å². The van der Waals surface area contributed by atoms with Crippen LogP contribution in [-0.2, 0) is 0 Å². The third-order valence-electron chi connectivity index (χ3n) is 1.59. The van der Waals surface area contributed by atoms with Crippen molar-refractivity contribution in [3.63, 3.8) is 0 Å². The van der Waals surface area contributed by atoms with Crippen LogP contribution in [0.4, 0.5) is 0 Å². The highest BCUT2D eigenvalue weighted by atomic mass is 79.9. The Morgan fingerprint density at radius 1 is 1.50 bits per heavy atom. The lowest BCUT2D eigenvalue weighted by Crippen LogP contribution is -1.98. The van der Waals surface area contributed by atoms with E-state index in [4.69, 9.17) is 5.11 Å². The third kappa shape index (κ3) is 1.43. The number of carbonyl (C=O) groups is 1. The van der Waals surface area contributed by atoms with Crippen molar-refractivity contribution in [1.29, 1.82) is 0 Å². The predicted molar refractivity (Wildman–Crippen MR) is 47.5 cm³/mol. The molecule has 0 bridgehead atoms. The molecule has 1 aromatic carbocycles. The molecule has 4 heteroatoms. The first-order valence-electron chi connectivity index (χ1n) is 3.25. The molecule has 0 saturated heterocycles. The molecular formula is C8H7BrO3. The van der Waals surface area contributed by atoms with Crippen LogP contribution >= 0.6 is 15.9 Å². The number of carboxylic acids is 1. The molecule has 0 radical (unpaired) electrons. The van der Waals surface area contributed by atoms with Gasteiger partial charge in [0.2, 0.25) is 0 Å². The molecule has 12 heavy (non-hydrogen) atoms. The van der Waals surface area contributed by atoms with E-state index in [0.29, 0.717) is 10.0 Å². The van der Waals surface area contributed by atoms with Crippen molar-refractivity contribution in [3.8, 4) is 5.75 Å². The topological polar surface area (TPSA) is 57.5 Å². The van der Waals surface area contributed by atoms with Crippen molar-refractivity contribution in [1.82, 2.24) is 0 Å². The van der Waals surface area contributed by atoms with E-state index in [0.717, 1.165) is 0 Å².